The Labute approximate surface area is 132 Å². The molecule has 2 aromatic rings. The van der Waals surface area contributed by atoms with E-state index in [9.17, 15) is 0 Å². The zero-order chi connectivity index (χ0) is 14.5. The molecular formula is C16H14N2SSe. The van der Waals surface area contributed by atoms with Gasteiger partial charge < -0.3 is 0 Å². The number of nitrogens with zero attached hydrogens (tertiary/aromatic N) is 2. The number of isothiocyanates is 1. The van der Waals surface area contributed by atoms with Crippen LogP contribution in [0.1, 0.15) is 11.1 Å². The monoisotopic (exact) mass is 346 g/mol. The van der Waals surface area contributed by atoms with Crippen LogP contribution in [-0.4, -0.2) is 25.5 Å². The van der Waals surface area contributed by atoms with Crippen LogP contribution in [0.25, 0.3) is 0 Å². The average Bonchev–Trinajstić information content (AvgIpc) is 2.53. The number of rotatable bonds is 4. The topological polar surface area (TPSA) is 24.7 Å². The molecule has 0 heterocycles. The van der Waals surface area contributed by atoms with E-state index in [-0.39, 0.29) is 0 Å². The molecule has 0 N–H and O–H groups in total. The Balaban J connectivity index is 0.000000200. The van der Waals surface area contributed by atoms with Gasteiger partial charge in [0.25, 0.3) is 0 Å². The van der Waals surface area contributed by atoms with Crippen LogP contribution < -0.4 is 0 Å². The molecule has 0 aromatic heterocycles. The van der Waals surface area contributed by atoms with E-state index in [4.69, 9.17) is 0 Å². The van der Waals surface area contributed by atoms with Gasteiger partial charge in [-0.3, -0.25) is 0 Å². The summed E-state index contributed by atoms with van der Waals surface area (Å²) in [5.41, 5.74) is 2.38. The van der Waals surface area contributed by atoms with Crippen molar-refractivity contribution in [1.82, 2.24) is 0 Å². The number of hydrogen-bond acceptors (Lipinski definition) is 3. The maximum absolute atomic E-state index is 4.43. The fraction of sp³-hybridized carbons (Fsp3) is 0.125. The van der Waals surface area contributed by atoms with Crippen LogP contribution in [0.4, 0.5) is 0 Å². The average molecular weight is 345 g/mol. The van der Waals surface area contributed by atoms with Crippen molar-refractivity contribution in [2.75, 3.05) is 0 Å². The van der Waals surface area contributed by atoms with E-state index in [1.54, 1.807) is 0 Å². The molecular weight excluding hydrogens is 331 g/mol. The van der Waals surface area contributed by atoms with Gasteiger partial charge in [-0.25, -0.2) is 4.99 Å². The first-order valence-electron chi connectivity index (χ1n) is 6.02. The van der Waals surface area contributed by atoms with Crippen molar-refractivity contribution in [2.45, 2.75) is 13.1 Å². The molecule has 0 amide bonds. The molecule has 20 heavy (non-hydrogen) atoms. The molecule has 0 saturated heterocycles. The molecule has 0 atom stereocenters. The molecule has 0 bridgehead atoms. The minimum atomic E-state index is 0.643. The second-order valence-corrected chi connectivity index (χ2v) is 4.35. The van der Waals surface area contributed by atoms with Crippen molar-refractivity contribution in [2.24, 2.45) is 9.98 Å². The van der Waals surface area contributed by atoms with Gasteiger partial charge in [0.15, 0.2) is 0 Å². The van der Waals surface area contributed by atoms with E-state index in [1.807, 2.05) is 60.7 Å². The quantitative estimate of drug-likeness (QED) is 0.473. The van der Waals surface area contributed by atoms with Gasteiger partial charge in [0.2, 0.25) is 0 Å². The minimum absolute atomic E-state index is 0.643. The van der Waals surface area contributed by atoms with E-state index in [0.717, 1.165) is 0 Å². The van der Waals surface area contributed by atoms with Gasteiger partial charge in [-0.1, -0.05) is 30.3 Å². The SMILES string of the molecule is S=C=NCc1ccccc1.[Se]=C=NCc1ccccc1. The standard InChI is InChI=1S/C8H7NS.C8H7NSe/c2*10-7-9-6-8-4-2-1-3-5-8/h2*1-5H,6H2. The third kappa shape index (κ3) is 7.70. The Bertz CT molecular complexity index is 531. The number of benzene rings is 2. The predicted octanol–water partition coefficient (Wildman–Crippen LogP) is 3.55. The van der Waals surface area contributed by atoms with Crippen LogP contribution in [-0.2, 0) is 13.1 Å². The van der Waals surface area contributed by atoms with Gasteiger partial charge in [0, 0.05) is 0 Å². The third-order valence-electron chi connectivity index (χ3n) is 2.34. The normalized spacial score (nSPS) is 8.40. The molecule has 0 radical (unpaired) electrons. The van der Waals surface area contributed by atoms with Crippen molar-refractivity contribution in [3.63, 3.8) is 0 Å². The van der Waals surface area contributed by atoms with Crippen molar-refractivity contribution in [1.29, 1.82) is 0 Å². The van der Waals surface area contributed by atoms with Crippen LogP contribution >= 0.6 is 12.2 Å². The Morgan fingerprint density at radius 2 is 1.25 bits per heavy atom. The molecule has 0 aliphatic heterocycles. The molecule has 4 heteroatoms. The van der Waals surface area contributed by atoms with Crippen molar-refractivity contribution >= 4 is 37.7 Å². The van der Waals surface area contributed by atoms with Gasteiger partial charge in [-0.15, -0.1) is 0 Å². The van der Waals surface area contributed by atoms with Gasteiger partial charge >= 0.3 is 67.7 Å². The Morgan fingerprint density at radius 1 is 0.800 bits per heavy atom. The van der Waals surface area contributed by atoms with Gasteiger partial charge in [0.1, 0.15) is 0 Å². The van der Waals surface area contributed by atoms with E-state index >= 15 is 0 Å². The summed E-state index contributed by atoms with van der Waals surface area (Å²) in [5, 5.41) is 2.32. The van der Waals surface area contributed by atoms with E-state index in [1.165, 1.54) is 11.1 Å². The van der Waals surface area contributed by atoms with Crippen LogP contribution in [0.15, 0.2) is 70.6 Å². The summed E-state index contributed by atoms with van der Waals surface area (Å²) in [5.74, 6) is 0. The maximum atomic E-state index is 4.43. The first-order chi connectivity index (χ1) is 9.86. The molecule has 2 aromatic carbocycles. The summed E-state index contributed by atoms with van der Waals surface area (Å²) in [4.78, 5) is 7.74. The van der Waals surface area contributed by atoms with E-state index in [2.05, 4.69) is 47.7 Å². The van der Waals surface area contributed by atoms with Crippen molar-refractivity contribution in [3.8, 4) is 0 Å². The van der Waals surface area contributed by atoms with Gasteiger partial charge in [0.05, 0.1) is 11.7 Å². The first-order valence-corrected chi connectivity index (χ1v) is 7.28. The molecule has 100 valence electrons. The zero-order valence-corrected chi connectivity index (χ0v) is 13.4. The van der Waals surface area contributed by atoms with Crippen molar-refractivity contribution in [3.05, 3.63) is 71.8 Å². The van der Waals surface area contributed by atoms with E-state index < -0.39 is 0 Å². The Hall–Kier alpha value is -1.66. The number of thiocarbonyl (C=S) groups is 1. The first kappa shape index (κ1) is 16.4. The Morgan fingerprint density at radius 3 is 1.65 bits per heavy atom. The second kappa shape index (κ2) is 11.2. The summed E-state index contributed by atoms with van der Waals surface area (Å²) in [6, 6.07) is 20.0. The molecule has 0 unspecified atom stereocenters. The van der Waals surface area contributed by atoms with Crippen LogP contribution in [0.5, 0.6) is 0 Å². The van der Waals surface area contributed by atoms with Gasteiger partial charge in [-0.05, 0) is 17.8 Å². The molecule has 0 aliphatic rings. The molecule has 0 spiro atoms. The van der Waals surface area contributed by atoms with E-state index in [0.29, 0.717) is 13.1 Å². The summed E-state index contributed by atoms with van der Waals surface area (Å²) in [7, 11) is 0. The fourth-order valence-corrected chi connectivity index (χ4v) is 1.61. The number of aliphatic imine (C=N–C) groups is 2. The number of hydrogen-bond donors (Lipinski definition) is 0. The molecule has 0 aliphatic carbocycles. The summed E-state index contributed by atoms with van der Waals surface area (Å²) >= 11 is 7.03. The zero-order valence-electron chi connectivity index (χ0n) is 10.9. The van der Waals surface area contributed by atoms with Crippen LogP contribution in [0.3, 0.4) is 0 Å². The van der Waals surface area contributed by atoms with Crippen LogP contribution in [0, 0.1) is 0 Å². The van der Waals surface area contributed by atoms with Gasteiger partial charge in [-0.2, -0.15) is 0 Å². The second-order valence-electron chi connectivity index (χ2n) is 3.79. The van der Waals surface area contributed by atoms with Crippen molar-refractivity contribution < 1.29 is 0 Å². The Kier molecular flexibility index (Phi) is 9.17. The molecule has 0 saturated carbocycles. The predicted molar refractivity (Wildman–Crippen MR) is 88.5 cm³/mol. The molecule has 2 nitrogen and oxygen atoms in total. The fourth-order valence-electron chi connectivity index (χ4n) is 1.41. The molecule has 2 rings (SSSR count). The summed E-state index contributed by atoms with van der Waals surface area (Å²) in [6.45, 7) is 1.36. The molecule has 0 fully saturated rings. The summed E-state index contributed by atoms with van der Waals surface area (Å²) in [6.07, 6.45) is 0. The van der Waals surface area contributed by atoms with Crippen LogP contribution in [0.2, 0.25) is 0 Å². The summed E-state index contributed by atoms with van der Waals surface area (Å²) < 4.78 is 2.62. The third-order valence-corrected chi connectivity index (χ3v) is 2.74.